The molecule has 2 amide bonds. The summed E-state index contributed by atoms with van der Waals surface area (Å²) in [4.78, 5) is 116. The predicted octanol–water partition coefficient (Wildman–Crippen LogP) is 5.75. The van der Waals surface area contributed by atoms with Crippen LogP contribution in [0.3, 0.4) is 0 Å². The van der Waals surface area contributed by atoms with Crippen molar-refractivity contribution in [1.82, 2.24) is 10.6 Å². The monoisotopic (exact) mass is 1120 g/mol. The molecule has 2 saturated carbocycles. The summed E-state index contributed by atoms with van der Waals surface area (Å²) in [5, 5.41) is 25.4. The first-order valence-corrected chi connectivity index (χ1v) is 29.7. The van der Waals surface area contributed by atoms with E-state index in [2.05, 4.69) is 51.0 Å². The standard InChI is InChI=1S/C25H42NO5PS2.C13H20NO7P.C8H18N2S2.HNS/c1-3-4-15-33-23-12-13-24(23)34-16-5-6-22(30)21(11-7-18(2)27)26-25(31)14-10-19(28)8-9-20(29)17-32;15-8(1-2-9(16)7-22)3-5-11(17)14-10(13(20)21)4-6-12(18)19;9-3-5-11-7-1-2-8(7)12-6-4-10;1-2/h21,23-24H,3-17,32H2,1-2H3,(H,26,31);10H,1-7,22H2,(H,14,17)(H,18,19)(H,20,21);7-8H,1-6,9-10H2;1H/t21-,23?,24?;10-;;/m11../s1/i17T;7T;;/t17?,21-,23?,24?;7?,10-;;. The number of carbonyl (C=O) groups is 10. The minimum Gasteiger partial charge on any atom is -0.481 e. The molecule has 0 bridgehead atoms. The lowest BCUT2D eigenvalue weighted by Gasteiger charge is -2.35. The molecule has 8 unspecified atom stereocenters. The van der Waals surface area contributed by atoms with E-state index < -0.39 is 60.3 Å². The Morgan fingerprint density at radius 3 is 1.31 bits per heavy atom. The third kappa shape index (κ3) is 37.8. The minimum absolute atomic E-state index is 0.00507. The molecule has 2 fully saturated rings. The average Bonchev–Trinajstić information content (AvgIpc) is 3.32. The molecule has 0 saturated heterocycles. The van der Waals surface area contributed by atoms with Crippen molar-refractivity contribution in [2.45, 2.75) is 175 Å². The maximum atomic E-state index is 12.8. The maximum Gasteiger partial charge on any atom is 0.326 e. The minimum atomic E-state index is -1.35. The summed E-state index contributed by atoms with van der Waals surface area (Å²) in [5.41, 5.74) is 10.9. The van der Waals surface area contributed by atoms with Gasteiger partial charge < -0.3 is 37.1 Å². The van der Waals surface area contributed by atoms with Gasteiger partial charge in [-0.05, 0) is 69.8 Å². The highest BCUT2D eigenvalue weighted by Crippen LogP contribution is 2.41. The zero-order valence-corrected chi connectivity index (χ0v) is 47.2. The molecule has 70 heavy (non-hydrogen) atoms. The SMILES string of the molecule is N=S.NCCSC1CCC1SCCN.[3H]C(P)C(=O)CCC(=O)CCC(=O)N[C@H](CCC(=O)O)C(=O)O.[3H]C(P)C(=O)CCC(=O)CCC(=O)N[C@H](CCC(C)=O)C(=O)CCCSC1CCC1SCCCC. The second-order valence-corrected chi connectivity index (χ2v) is 22.4. The normalized spacial score (nSPS) is 18.7. The molecule has 402 valence electrons. The number of thioether (sulfide) groups is 4. The van der Waals surface area contributed by atoms with Crippen molar-refractivity contribution in [1.29, 1.82) is 4.78 Å². The van der Waals surface area contributed by atoms with Crippen LogP contribution in [-0.4, -0.2) is 150 Å². The lowest BCUT2D eigenvalue weighted by Crippen LogP contribution is -2.41. The van der Waals surface area contributed by atoms with Crippen LogP contribution >= 0.6 is 65.5 Å². The van der Waals surface area contributed by atoms with Gasteiger partial charge in [0.2, 0.25) is 11.8 Å². The van der Waals surface area contributed by atoms with Crippen LogP contribution in [0, 0.1) is 4.78 Å². The first-order valence-electron chi connectivity index (χ1n) is 24.9. The van der Waals surface area contributed by atoms with Crippen molar-refractivity contribution in [3.63, 3.8) is 0 Å². The van der Waals surface area contributed by atoms with Crippen LogP contribution in [0.4, 0.5) is 0 Å². The highest BCUT2D eigenvalue weighted by Gasteiger charge is 2.32. The van der Waals surface area contributed by atoms with E-state index in [1.165, 1.54) is 51.2 Å². The van der Waals surface area contributed by atoms with E-state index in [1.807, 2.05) is 44.5 Å². The van der Waals surface area contributed by atoms with E-state index in [-0.39, 0.29) is 99.5 Å². The molecule has 0 aromatic heterocycles. The van der Waals surface area contributed by atoms with Gasteiger partial charge in [0.15, 0.2) is 5.78 Å². The predicted molar refractivity (Wildman–Crippen MR) is 295 cm³/mol. The quantitative estimate of drug-likeness (QED) is 0.0285. The van der Waals surface area contributed by atoms with Crippen LogP contribution in [0.5, 0.6) is 0 Å². The molecule has 9 N–H and O–H groups in total. The number of ketones is 6. The number of amides is 2. The van der Waals surface area contributed by atoms with Crippen molar-refractivity contribution >= 4 is 136 Å². The Labute approximate surface area is 445 Å². The summed E-state index contributed by atoms with van der Waals surface area (Å²) in [6.45, 7) is 5.30. The van der Waals surface area contributed by atoms with Crippen LogP contribution in [0.25, 0.3) is 0 Å². The first-order chi connectivity index (χ1) is 34.1. The molecule has 2 aliphatic carbocycles. The lowest BCUT2D eigenvalue weighted by molar-refractivity contribution is -0.143. The number of carboxylic acids is 2. The Hall–Kier alpha value is -1.90. The highest BCUT2D eigenvalue weighted by atomic mass is 32.2. The number of rotatable bonds is 39. The molecule has 0 spiro atoms. The molecule has 0 radical (unpaired) electrons. The number of nitrogens with two attached hydrogens (primary N) is 2. The van der Waals surface area contributed by atoms with Crippen LogP contribution in [-0.2, 0) is 60.4 Å². The fourth-order valence-electron chi connectivity index (χ4n) is 6.28. The van der Waals surface area contributed by atoms with Gasteiger partial charge in [0.1, 0.15) is 35.0 Å². The van der Waals surface area contributed by atoms with Crippen molar-refractivity contribution in [2.75, 3.05) is 48.4 Å². The zero-order valence-electron chi connectivity index (χ0n) is 42.8. The van der Waals surface area contributed by atoms with Crippen molar-refractivity contribution in [2.24, 2.45) is 11.5 Å². The van der Waals surface area contributed by atoms with Gasteiger partial charge in [-0.15, -0.1) is 18.5 Å². The Morgan fingerprint density at radius 1 is 0.586 bits per heavy atom. The van der Waals surface area contributed by atoms with Gasteiger partial charge in [-0.2, -0.15) is 47.0 Å². The number of Topliss-reactive ketones (excluding diaryl/α,β-unsaturated/α-hetero) is 6. The summed E-state index contributed by atoms with van der Waals surface area (Å²) >= 11 is 11.4. The van der Waals surface area contributed by atoms with E-state index in [0.717, 1.165) is 52.5 Å². The highest BCUT2D eigenvalue weighted by molar-refractivity contribution is 8.04. The number of aliphatic carboxylic acids is 2. The van der Waals surface area contributed by atoms with Gasteiger partial charge in [0.25, 0.3) is 0 Å². The van der Waals surface area contributed by atoms with Gasteiger partial charge in [-0.1, -0.05) is 13.3 Å². The largest absolute Gasteiger partial charge is 0.481 e. The number of nitrogens with one attached hydrogen (secondary N) is 3. The molecular formula is C46H81N5O12P2S5. The second-order valence-electron chi connectivity index (χ2n) is 16.4. The van der Waals surface area contributed by atoms with Crippen LogP contribution in [0.1, 0.15) is 145 Å². The van der Waals surface area contributed by atoms with Crippen LogP contribution < -0.4 is 22.1 Å². The second kappa shape index (κ2) is 45.7. The van der Waals surface area contributed by atoms with E-state index >= 15 is 0 Å². The van der Waals surface area contributed by atoms with Crippen LogP contribution in [0.2, 0.25) is 0 Å². The lowest BCUT2D eigenvalue weighted by atomic mass is 9.99. The number of unbranched alkanes of at least 4 members (excludes halogenated alkanes) is 1. The molecule has 2 aliphatic rings. The molecule has 10 atom stereocenters. The number of carbonyl (C=O) groups excluding carboxylic acids is 8. The average molecular weight is 1120 g/mol. The van der Waals surface area contributed by atoms with Gasteiger partial charge in [0.05, 0.1) is 6.04 Å². The van der Waals surface area contributed by atoms with Gasteiger partial charge in [-0.3, -0.25) is 38.4 Å². The van der Waals surface area contributed by atoms with E-state index in [0.29, 0.717) is 11.7 Å². The molecule has 24 heteroatoms. The van der Waals surface area contributed by atoms with Gasteiger partial charge in [0, 0.05) is 144 Å². The Bertz CT molecular complexity index is 1670. The summed E-state index contributed by atoms with van der Waals surface area (Å²) in [5.74, 6) is -0.609. The third-order valence-corrected chi connectivity index (χ3v) is 17.7. The topological polar surface area (TPSA) is 311 Å². The number of hydrogen-bond donors (Lipinski definition) is 7. The van der Waals surface area contributed by atoms with Crippen molar-refractivity contribution < 1.29 is 60.9 Å². The first kappa shape index (κ1) is 66.1. The molecule has 17 nitrogen and oxygen atoms in total. The Kier molecular flexibility index (Phi) is 43.2. The Balaban J connectivity index is 0. The summed E-state index contributed by atoms with van der Waals surface area (Å²) in [6, 6.07) is -2.04. The maximum absolute atomic E-state index is 12.8. The molecule has 0 aromatic rings. The van der Waals surface area contributed by atoms with Crippen molar-refractivity contribution in [3.05, 3.63) is 0 Å². The van der Waals surface area contributed by atoms with E-state index in [4.69, 9.17) is 29.2 Å². The molecule has 0 aliphatic heterocycles. The van der Waals surface area contributed by atoms with E-state index in [9.17, 15) is 47.9 Å². The fraction of sp³-hybridized carbons (Fsp3) is 0.783. The Morgan fingerprint density at radius 2 is 0.957 bits per heavy atom. The summed E-state index contributed by atoms with van der Waals surface area (Å²) < 4.78 is 19.8. The smallest absolute Gasteiger partial charge is 0.326 e. The molecule has 0 heterocycles. The number of carboxylic acid groups (broad SMARTS) is 2. The zero-order chi connectivity index (χ0) is 55.0. The molecule has 2 rings (SSSR count). The molecular weight excluding hydrogens is 1040 g/mol. The van der Waals surface area contributed by atoms with E-state index in [1.54, 1.807) is 0 Å². The van der Waals surface area contributed by atoms with Gasteiger partial charge in [-0.25, -0.2) is 9.57 Å². The van der Waals surface area contributed by atoms with Crippen molar-refractivity contribution in [3.8, 4) is 0 Å². The van der Waals surface area contributed by atoms with Gasteiger partial charge >= 0.3 is 11.9 Å². The molecule has 0 aromatic carbocycles. The number of hydrogen-bond acceptors (Lipinski definition) is 18. The fourth-order valence-corrected chi connectivity index (χ4v) is 12.4. The third-order valence-electron chi connectivity index (χ3n) is 10.7. The van der Waals surface area contributed by atoms with Crippen LogP contribution in [0.15, 0.2) is 0 Å². The summed E-state index contributed by atoms with van der Waals surface area (Å²) in [7, 11) is 4.09. The summed E-state index contributed by atoms with van der Waals surface area (Å²) in [6.07, 6.45) is 6.22.